The second-order valence-electron chi connectivity index (χ2n) is 9.83. The summed E-state index contributed by atoms with van der Waals surface area (Å²) in [4.78, 5) is 10.1. The van der Waals surface area contributed by atoms with Gasteiger partial charge in [0.25, 0.3) is 0 Å². The number of imidazole rings is 1. The van der Waals surface area contributed by atoms with Crippen molar-refractivity contribution >= 4 is 22.6 Å². The third kappa shape index (κ3) is 4.93. The van der Waals surface area contributed by atoms with Crippen LogP contribution in [0.4, 0.5) is 0 Å². The van der Waals surface area contributed by atoms with Crippen molar-refractivity contribution in [1.82, 2.24) is 19.4 Å². The van der Waals surface area contributed by atoms with E-state index in [1.54, 1.807) is 0 Å². The summed E-state index contributed by atoms with van der Waals surface area (Å²) in [6.45, 7) is 5.10. The summed E-state index contributed by atoms with van der Waals surface area (Å²) in [5.74, 6) is 0.902. The molecule has 2 heterocycles. The number of fused-ring (bicyclic) bond motifs is 1. The van der Waals surface area contributed by atoms with E-state index in [0.29, 0.717) is 0 Å². The minimum atomic E-state index is 0.289. The minimum absolute atomic E-state index is 0.289. The van der Waals surface area contributed by atoms with Gasteiger partial charge in [0.05, 0.1) is 22.1 Å². The molecule has 1 saturated heterocycles. The van der Waals surface area contributed by atoms with Gasteiger partial charge in [0.1, 0.15) is 5.82 Å². The average Bonchev–Trinajstić information content (AvgIpc) is 3.26. The van der Waals surface area contributed by atoms with Crippen LogP contribution < -0.4 is 0 Å². The Morgan fingerprint density at radius 2 is 1.38 bits per heavy atom. The van der Waals surface area contributed by atoms with E-state index in [2.05, 4.69) is 100 Å². The number of aromatic nitrogens is 2. The van der Waals surface area contributed by atoms with Crippen molar-refractivity contribution in [2.45, 2.75) is 12.6 Å². The first-order valence-electron chi connectivity index (χ1n) is 12.9. The van der Waals surface area contributed by atoms with Gasteiger partial charge in [0.2, 0.25) is 0 Å². The van der Waals surface area contributed by atoms with Gasteiger partial charge >= 0.3 is 0 Å². The van der Waals surface area contributed by atoms with Gasteiger partial charge in [-0.1, -0.05) is 90.5 Å². The average molecular weight is 507 g/mol. The van der Waals surface area contributed by atoms with Crippen molar-refractivity contribution in [3.63, 3.8) is 0 Å². The number of aryl methyl sites for hydroxylation is 1. The Morgan fingerprint density at radius 3 is 2.03 bits per heavy atom. The first-order valence-corrected chi connectivity index (χ1v) is 13.3. The third-order valence-electron chi connectivity index (χ3n) is 7.47. The molecule has 186 valence electrons. The molecule has 0 N–H and O–H groups in total. The van der Waals surface area contributed by atoms with Crippen LogP contribution in [-0.4, -0.2) is 45.5 Å². The van der Waals surface area contributed by atoms with Crippen LogP contribution in [0.2, 0.25) is 5.02 Å². The quantitative estimate of drug-likeness (QED) is 0.253. The molecule has 5 aromatic rings. The smallest absolute Gasteiger partial charge is 0.142 e. The molecule has 6 rings (SSSR count). The Kier molecular flexibility index (Phi) is 6.79. The van der Waals surface area contributed by atoms with Gasteiger partial charge in [-0.2, -0.15) is 0 Å². The van der Waals surface area contributed by atoms with Crippen LogP contribution in [0, 0.1) is 0 Å². The normalized spacial score (nSPS) is 15.0. The van der Waals surface area contributed by atoms with Crippen molar-refractivity contribution in [3.8, 4) is 11.4 Å². The van der Waals surface area contributed by atoms with E-state index in [9.17, 15) is 0 Å². The third-order valence-corrected chi connectivity index (χ3v) is 7.80. The number of rotatable bonds is 6. The van der Waals surface area contributed by atoms with E-state index in [1.165, 1.54) is 16.7 Å². The zero-order chi connectivity index (χ0) is 25.2. The minimum Gasteiger partial charge on any atom is -0.327 e. The standard InChI is InChI=1S/C32H31ClN4/c1-35-30-17-16-24(22-29(30)34-32(35)27-14-8-9-15-28(27)33)23-36-18-20-37(21-19-36)31(25-10-4-2-5-11-25)26-12-6-3-7-13-26/h2-17,22,31H,18-21,23H2,1H3. The highest BCUT2D eigenvalue weighted by molar-refractivity contribution is 6.33. The van der Waals surface area contributed by atoms with Crippen LogP contribution in [0.15, 0.2) is 103 Å². The zero-order valence-corrected chi connectivity index (χ0v) is 21.9. The fourth-order valence-corrected chi connectivity index (χ4v) is 5.77. The number of halogens is 1. The van der Waals surface area contributed by atoms with E-state index in [-0.39, 0.29) is 6.04 Å². The first kappa shape index (κ1) is 23.9. The van der Waals surface area contributed by atoms with Crippen LogP contribution in [0.5, 0.6) is 0 Å². The Morgan fingerprint density at radius 1 is 0.757 bits per heavy atom. The number of benzene rings is 4. The molecule has 0 amide bonds. The maximum absolute atomic E-state index is 6.47. The Labute approximate surface area is 223 Å². The second kappa shape index (κ2) is 10.5. The molecule has 1 aliphatic rings. The van der Waals surface area contributed by atoms with E-state index in [4.69, 9.17) is 16.6 Å². The van der Waals surface area contributed by atoms with Gasteiger partial charge < -0.3 is 4.57 Å². The summed E-state index contributed by atoms with van der Waals surface area (Å²) in [5.41, 5.74) is 7.12. The molecule has 1 aliphatic heterocycles. The maximum atomic E-state index is 6.47. The molecule has 4 nitrogen and oxygen atoms in total. The molecule has 0 spiro atoms. The van der Waals surface area contributed by atoms with Crippen LogP contribution in [0.25, 0.3) is 22.4 Å². The lowest BCUT2D eigenvalue weighted by molar-refractivity contribution is 0.105. The molecule has 37 heavy (non-hydrogen) atoms. The van der Waals surface area contributed by atoms with E-state index in [1.807, 2.05) is 24.3 Å². The number of hydrogen-bond acceptors (Lipinski definition) is 3. The number of nitrogens with zero attached hydrogens (tertiary/aromatic N) is 4. The highest BCUT2D eigenvalue weighted by Crippen LogP contribution is 2.31. The van der Waals surface area contributed by atoms with E-state index >= 15 is 0 Å². The first-order chi connectivity index (χ1) is 18.2. The Balaban J connectivity index is 1.18. The van der Waals surface area contributed by atoms with Crippen LogP contribution in [-0.2, 0) is 13.6 Å². The molecular weight excluding hydrogens is 476 g/mol. The predicted octanol–water partition coefficient (Wildman–Crippen LogP) is 6.80. The molecule has 0 saturated carbocycles. The van der Waals surface area contributed by atoms with Gasteiger partial charge in [0.15, 0.2) is 0 Å². The number of hydrogen-bond donors (Lipinski definition) is 0. The molecule has 5 heteroatoms. The van der Waals surface area contributed by atoms with Crippen molar-refractivity contribution in [2.75, 3.05) is 26.2 Å². The van der Waals surface area contributed by atoms with Crippen molar-refractivity contribution in [2.24, 2.45) is 7.05 Å². The molecule has 0 radical (unpaired) electrons. The van der Waals surface area contributed by atoms with Crippen LogP contribution >= 0.6 is 11.6 Å². The Hall–Kier alpha value is -3.44. The molecule has 0 unspecified atom stereocenters. The van der Waals surface area contributed by atoms with Gasteiger partial charge in [0, 0.05) is 45.3 Å². The fraction of sp³-hybridized carbons (Fsp3) is 0.219. The summed E-state index contributed by atoms with van der Waals surface area (Å²) in [6, 6.07) is 36.6. The zero-order valence-electron chi connectivity index (χ0n) is 21.1. The van der Waals surface area contributed by atoms with Gasteiger partial charge in [-0.05, 0) is 41.0 Å². The van der Waals surface area contributed by atoms with Crippen molar-refractivity contribution < 1.29 is 0 Å². The summed E-state index contributed by atoms with van der Waals surface area (Å²) >= 11 is 6.47. The molecule has 1 aromatic heterocycles. The predicted molar refractivity (Wildman–Crippen MR) is 153 cm³/mol. The highest BCUT2D eigenvalue weighted by Gasteiger charge is 2.26. The lowest BCUT2D eigenvalue weighted by Gasteiger charge is -2.39. The SMILES string of the molecule is Cn1c(-c2ccccc2Cl)nc2cc(CN3CCN(C(c4ccccc4)c4ccccc4)CC3)ccc21. The topological polar surface area (TPSA) is 24.3 Å². The molecule has 4 aromatic carbocycles. The highest BCUT2D eigenvalue weighted by atomic mass is 35.5. The fourth-order valence-electron chi connectivity index (χ4n) is 5.55. The summed E-state index contributed by atoms with van der Waals surface area (Å²) < 4.78 is 2.13. The largest absolute Gasteiger partial charge is 0.327 e. The molecular formula is C32H31ClN4. The maximum Gasteiger partial charge on any atom is 0.142 e. The van der Waals surface area contributed by atoms with Crippen LogP contribution in [0.3, 0.4) is 0 Å². The molecule has 0 atom stereocenters. The van der Waals surface area contributed by atoms with Gasteiger partial charge in [-0.15, -0.1) is 0 Å². The lowest BCUT2D eigenvalue weighted by Crippen LogP contribution is -2.47. The molecule has 0 aliphatic carbocycles. The van der Waals surface area contributed by atoms with Crippen molar-refractivity contribution in [1.29, 1.82) is 0 Å². The molecule has 0 bridgehead atoms. The Bertz CT molecular complexity index is 1450. The summed E-state index contributed by atoms with van der Waals surface area (Å²) in [6.07, 6.45) is 0. The van der Waals surface area contributed by atoms with Crippen LogP contribution in [0.1, 0.15) is 22.7 Å². The summed E-state index contributed by atoms with van der Waals surface area (Å²) in [7, 11) is 2.06. The monoisotopic (exact) mass is 506 g/mol. The summed E-state index contributed by atoms with van der Waals surface area (Å²) in [5, 5.41) is 0.725. The van der Waals surface area contributed by atoms with E-state index in [0.717, 1.165) is 60.2 Å². The van der Waals surface area contributed by atoms with Crippen molar-refractivity contribution in [3.05, 3.63) is 125 Å². The lowest BCUT2D eigenvalue weighted by atomic mass is 9.96. The second-order valence-corrected chi connectivity index (χ2v) is 10.2. The van der Waals surface area contributed by atoms with E-state index < -0.39 is 0 Å². The van der Waals surface area contributed by atoms with Gasteiger partial charge in [-0.25, -0.2) is 4.98 Å². The number of piperazine rings is 1. The van der Waals surface area contributed by atoms with Gasteiger partial charge in [-0.3, -0.25) is 9.80 Å². The molecule has 1 fully saturated rings.